The topological polar surface area (TPSA) is 95.8 Å². The molecule has 1 aliphatic heterocycles. The highest BCUT2D eigenvalue weighted by molar-refractivity contribution is 7.99. The molecule has 1 atom stereocenters. The molecule has 0 aromatic carbocycles. The van der Waals surface area contributed by atoms with Crippen LogP contribution in [-0.4, -0.2) is 44.3 Å². The molecule has 1 aliphatic rings. The van der Waals surface area contributed by atoms with Crippen LogP contribution in [0.1, 0.15) is 6.92 Å². The Kier molecular flexibility index (Phi) is 2.96. The highest BCUT2D eigenvalue weighted by Crippen LogP contribution is 2.28. The summed E-state index contributed by atoms with van der Waals surface area (Å²) >= 11 is 1.97. The molecule has 0 bridgehead atoms. The number of aromatic amines is 1. The van der Waals surface area contributed by atoms with Crippen LogP contribution >= 0.6 is 11.8 Å². The lowest BCUT2D eigenvalue weighted by molar-refractivity contribution is 0.692. The summed E-state index contributed by atoms with van der Waals surface area (Å²) in [5.74, 6) is 8.93. The molecule has 1 unspecified atom stereocenters. The van der Waals surface area contributed by atoms with Crippen molar-refractivity contribution in [3.63, 3.8) is 0 Å². The minimum Gasteiger partial charge on any atom is -0.351 e. The van der Waals surface area contributed by atoms with E-state index in [1.165, 1.54) is 0 Å². The number of rotatable bonds is 2. The average molecular weight is 265 g/mol. The molecule has 4 N–H and O–H groups in total. The highest BCUT2D eigenvalue weighted by atomic mass is 32.2. The lowest BCUT2D eigenvalue weighted by Crippen LogP contribution is -2.41. The maximum Gasteiger partial charge on any atom is 0.241 e. The maximum absolute atomic E-state index is 5.41. The van der Waals surface area contributed by atoms with E-state index < -0.39 is 0 Å². The summed E-state index contributed by atoms with van der Waals surface area (Å²) in [5.41, 5.74) is 3.21. The number of anilines is 2. The minimum absolute atomic E-state index is 0.409. The Labute approximate surface area is 109 Å². The van der Waals surface area contributed by atoms with Gasteiger partial charge >= 0.3 is 0 Å². The average Bonchev–Trinajstić information content (AvgIpc) is 2.86. The maximum atomic E-state index is 5.41. The van der Waals surface area contributed by atoms with Crippen LogP contribution in [0.2, 0.25) is 0 Å². The van der Waals surface area contributed by atoms with Crippen molar-refractivity contribution in [1.82, 2.24) is 20.2 Å². The molecular formula is C10H15N7S. The normalized spacial score (nSPS) is 20.3. The molecule has 0 radical (unpaired) electrons. The number of nitrogen functional groups attached to an aromatic ring is 1. The summed E-state index contributed by atoms with van der Waals surface area (Å²) < 4.78 is 0. The Morgan fingerprint density at radius 2 is 2.44 bits per heavy atom. The van der Waals surface area contributed by atoms with E-state index in [1.54, 1.807) is 6.20 Å². The van der Waals surface area contributed by atoms with Crippen LogP contribution in [0.5, 0.6) is 0 Å². The summed E-state index contributed by atoms with van der Waals surface area (Å²) in [5, 5.41) is 7.83. The number of hydrogen-bond acceptors (Lipinski definition) is 7. The Morgan fingerprint density at radius 3 is 3.22 bits per heavy atom. The number of fused-ring (bicyclic) bond motifs is 1. The van der Waals surface area contributed by atoms with Gasteiger partial charge in [-0.15, -0.1) is 0 Å². The van der Waals surface area contributed by atoms with Gasteiger partial charge in [-0.05, 0) is 6.92 Å². The molecule has 0 spiro atoms. The number of thioether (sulfide) groups is 1. The molecule has 8 heteroatoms. The highest BCUT2D eigenvalue weighted by Gasteiger charge is 2.23. The van der Waals surface area contributed by atoms with Gasteiger partial charge in [-0.3, -0.25) is 10.5 Å². The van der Waals surface area contributed by atoms with Gasteiger partial charge < -0.3 is 4.90 Å². The smallest absolute Gasteiger partial charge is 0.241 e. The van der Waals surface area contributed by atoms with E-state index in [0.717, 1.165) is 29.3 Å². The number of hydrogen-bond donors (Lipinski definition) is 3. The third-order valence-electron chi connectivity index (χ3n) is 3.06. The molecule has 3 rings (SSSR count). The number of hydrazine groups is 1. The van der Waals surface area contributed by atoms with Crippen LogP contribution in [-0.2, 0) is 0 Å². The summed E-state index contributed by atoms with van der Waals surface area (Å²) in [4.78, 5) is 11.0. The van der Waals surface area contributed by atoms with E-state index in [9.17, 15) is 0 Å². The van der Waals surface area contributed by atoms with Crippen LogP contribution in [0.4, 0.5) is 11.8 Å². The van der Waals surface area contributed by atoms with Crippen molar-refractivity contribution in [3.05, 3.63) is 6.20 Å². The first-order valence-electron chi connectivity index (χ1n) is 5.81. The quantitative estimate of drug-likeness (QED) is 0.540. The van der Waals surface area contributed by atoms with Crippen molar-refractivity contribution in [2.75, 3.05) is 28.4 Å². The zero-order chi connectivity index (χ0) is 12.5. The molecule has 18 heavy (non-hydrogen) atoms. The fourth-order valence-corrected chi connectivity index (χ4v) is 3.16. The molecule has 2 aromatic rings. The molecule has 96 valence electrons. The Bertz CT molecular complexity index is 554. The first kappa shape index (κ1) is 11.5. The molecule has 1 saturated heterocycles. The van der Waals surface area contributed by atoms with Crippen LogP contribution in [0.25, 0.3) is 11.0 Å². The third kappa shape index (κ3) is 1.87. The lowest BCUT2D eigenvalue weighted by Gasteiger charge is -2.34. The molecule has 3 heterocycles. The van der Waals surface area contributed by atoms with Gasteiger partial charge in [0.1, 0.15) is 5.82 Å². The molecule has 0 aliphatic carbocycles. The van der Waals surface area contributed by atoms with Gasteiger partial charge in [0.15, 0.2) is 5.65 Å². The summed E-state index contributed by atoms with van der Waals surface area (Å²) in [7, 11) is 0. The summed E-state index contributed by atoms with van der Waals surface area (Å²) in [6, 6.07) is 0.447. The van der Waals surface area contributed by atoms with E-state index in [2.05, 4.69) is 37.4 Å². The predicted octanol–water partition coefficient (Wildman–Crippen LogP) is 0.580. The zero-order valence-corrected chi connectivity index (χ0v) is 10.9. The number of nitrogens with two attached hydrogens (primary N) is 1. The van der Waals surface area contributed by atoms with Crippen LogP contribution in [0, 0.1) is 0 Å². The SMILES string of the molecule is CC1CSCCN1c1nc(NN)nc2[nH]ncc12. The monoisotopic (exact) mass is 265 g/mol. The van der Waals surface area contributed by atoms with Crippen molar-refractivity contribution in [2.24, 2.45) is 5.84 Å². The first-order valence-corrected chi connectivity index (χ1v) is 6.97. The van der Waals surface area contributed by atoms with Gasteiger partial charge in [0, 0.05) is 24.1 Å². The second-order valence-corrected chi connectivity index (χ2v) is 5.41. The Balaban J connectivity index is 2.10. The fraction of sp³-hybridized carbons (Fsp3) is 0.500. The number of nitrogens with one attached hydrogen (secondary N) is 2. The van der Waals surface area contributed by atoms with Gasteiger partial charge in [0.2, 0.25) is 5.95 Å². The Morgan fingerprint density at radius 1 is 1.56 bits per heavy atom. The largest absolute Gasteiger partial charge is 0.351 e. The van der Waals surface area contributed by atoms with E-state index in [1.807, 2.05) is 11.8 Å². The molecular weight excluding hydrogens is 250 g/mol. The van der Waals surface area contributed by atoms with E-state index >= 15 is 0 Å². The Hall–Kier alpha value is -1.54. The van der Waals surface area contributed by atoms with E-state index in [0.29, 0.717) is 17.6 Å². The predicted molar refractivity (Wildman–Crippen MR) is 73.6 cm³/mol. The molecule has 7 nitrogen and oxygen atoms in total. The second kappa shape index (κ2) is 4.62. The third-order valence-corrected chi connectivity index (χ3v) is 4.25. The van der Waals surface area contributed by atoms with Crippen molar-refractivity contribution in [3.8, 4) is 0 Å². The van der Waals surface area contributed by atoms with Crippen molar-refractivity contribution in [1.29, 1.82) is 0 Å². The first-order chi connectivity index (χ1) is 8.79. The van der Waals surface area contributed by atoms with E-state index in [-0.39, 0.29) is 0 Å². The van der Waals surface area contributed by atoms with Gasteiger partial charge in [0.25, 0.3) is 0 Å². The number of nitrogens with zero attached hydrogens (tertiary/aromatic N) is 4. The number of H-pyrrole nitrogens is 1. The molecule has 2 aromatic heterocycles. The molecule has 0 saturated carbocycles. The standard InChI is InChI=1S/C10H15N7S/c1-6-5-18-3-2-17(6)9-7-4-12-16-8(7)13-10(14-9)15-11/h4,6H,2-3,5,11H2,1H3,(H2,12,13,14,15,16). The lowest BCUT2D eigenvalue weighted by atomic mass is 10.2. The minimum atomic E-state index is 0.409. The van der Waals surface area contributed by atoms with Gasteiger partial charge in [0.05, 0.1) is 11.6 Å². The molecule has 1 fully saturated rings. The van der Waals surface area contributed by atoms with Gasteiger partial charge in [-0.2, -0.15) is 26.8 Å². The van der Waals surface area contributed by atoms with Crippen molar-refractivity contribution in [2.45, 2.75) is 13.0 Å². The van der Waals surface area contributed by atoms with Gasteiger partial charge in [-0.1, -0.05) is 0 Å². The van der Waals surface area contributed by atoms with Crippen molar-refractivity contribution >= 4 is 34.6 Å². The van der Waals surface area contributed by atoms with Crippen LogP contribution in [0.3, 0.4) is 0 Å². The zero-order valence-electron chi connectivity index (χ0n) is 10.1. The van der Waals surface area contributed by atoms with Crippen LogP contribution in [0.15, 0.2) is 6.20 Å². The fourth-order valence-electron chi connectivity index (χ4n) is 2.14. The molecule has 0 amide bonds. The van der Waals surface area contributed by atoms with Gasteiger partial charge in [-0.25, -0.2) is 5.84 Å². The second-order valence-electron chi connectivity index (χ2n) is 4.26. The van der Waals surface area contributed by atoms with E-state index in [4.69, 9.17) is 5.84 Å². The summed E-state index contributed by atoms with van der Waals surface area (Å²) in [6.07, 6.45) is 1.76. The van der Waals surface area contributed by atoms with Crippen LogP contribution < -0.4 is 16.2 Å². The summed E-state index contributed by atoms with van der Waals surface area (Å²) in [6.45, 7) is 3.18. The number of aromatic nitrogens is 4. The van der Waals surface area contributed by atoms with Crippen molar-refractivity contribution < 1.29 is 0 Å².